The van der Waals surface area contributed by atoms with Gasteiger partial charge in [-0.3, -0.25) is 0 Å². The van der Waals surface area contributed by atoms with Crippen molar-refractivity contribution in [2.24, 2.45) is 23.7 Å². The summed E-state index contributed by atoms with van der Waals surface area (Å²) in [5.74, 6) is 3.34. The number of nitrogens with zero attached hydrogens (tertiary/aromatic N) is 1. The highest BCUT2D eigenvalue weighted by atomic mass is 15.1. The van der Waals surface area contributed by atoms with Gasteiger partial charge in [0, 0.05) is 27.8 Å². The number of benzene rings is 6. The van der Waals surface area contributed by atoms with Gasteiger partial charge in [0.15, 0.2) is 0 Å². The van der Waals surface area contributed by atoms with E-state index in [4.69, 9.17) is 0 Å². The van der Waals surface area contributed by atoms with Crippen LogP contribution in [-0.2, 0) is 10.8 Å². The lowest BCUT2D eigenvalue weighted by molar-refractivity contribution is -0.0399. The summed E-state index contributed by atoms with van der Waals surface area (Å²) < 4.78 is 0. The van der Waals surface area contributed by atoms with Crippen LogP contribution in [0.2, 0.25) is 0 Å². The lowest BCUT2D eigenvalue weighted by atomic mass is 9.43. The molecule has 5 fully saturated rings. The van der Waals surface area contributed by atoms with E-state index in [2.05, 4.69) is 144 Å². The normalized spacial score (nSPS) is 26.3. The summed E-state index contributed by atoms with van der Waals surface area (Å²) >= 11 is 0. The summed E-state index contributed by atoms with van der Waals surface area (Å²) in [5, 5.41) is 0. The molecule has 0 unspecified atom stereocenters. The van der Waals surface area contributed by atoms with Crippen molar-refractivity contribution >= 4 is 17.1 Å². The van der Waals surface area contributed by atoms with E-state index in [-0.39, 0.29) is 10.8 Å². The zero-order chi connectivity index (χ0) is 34.7. The first-order chi connectivity index (χ1) is 26.2. The van der Waals surface area contributed by atoms with Gasteiger partial charge in [0.05, 0.1) is 5.69 Å². The molecule has 0 radical (unpaired) electrons. The fraction of sp³-hybridized carbons (Fsp3) is 0.308. The van der Waals surface area contributed by atoms with Crippen LogP contribution in [-0.4, -0.2) is 0 Å². The molecule has 6 aromatic carbocycles. The molecule has 6 aromatic rings. The van der Waals surface area contributed by atoms with Crippen LogP contribution in [0.5, 0.6) is 0 Å². The summed E-state index contributed by atoms with van der Waals surface area (Å²) in [4.78, 5) is 2.65. The molecule has 260 valence electrons. The molecule has 0 N–H and O–H groups in total. The Kier molecular flexibility index (Phi) is 6.53. The maximum absolute atomic E-state index is 2.68. The van der Waals surface area contributed by atoms with Crippen LogP contribution < -0.4 is 4.90 Å². The van der Waals surface area contributed by atoms with E-state index >= 15 is 0 Å². The van der Waals surface area contributed by atoms with Crippen LogP contribution in [0.15, 0.2) is 140 Å². The van der Waals surface area contributed by atoms with Gasteiger partial charge < -0.3 is 4.90 Å². The molecule has 0 aromatic heterocycles. The zero-order valence-corrected chi connectivity index (χ0v) is 30.6. The van der Waals surface area contributed by atoms with Crippen LogP contribution in [0.3, 0.4) is 0 Å². The first-order valence-corrected chi connectivity index (χ1v) is 20.7. The Morgan fingerprint density at radius 3 is 1.85 bits per heavy atom. The minimum absolute atomic E-state index is 0.113. The number of hydrogen-bond donors (Lipinski definition) is 0. The van der Waals surface area contributed by atoms with Gasteiger partial charge in [0.1, 0.15) is 0 Å². The molecule has 53 heavy (non-hydrogen) atoms. The molecule has 0 amide bonds. The van der Waals surface area contributed by atoms with Gasteiger partial charge in [-0.2, -0.15) is 0 Å². The second kappa shape index (κ2) is 11.3. The molecule has 1 heteroatoms. The minimum atomic E-state index is 0.113. The van der Waals surface area contributed by atoms with E-state index in [0.717, 1.165) is 23.7 Å². The maximum atomic E-state index is 2.68. The highest BCUT2D eigenvalue weighted by molar-refractivity contribution is 5.96. The fourth-order valence-electron chi connectivity index (χ4n) is 13.5. The SMILES string of the molecule is c1ccc(-c2cccc(N(c3ccc4c(c3)C3(c5ccccc5-4)C4CC5CC(C4)CC3C5)c3cccc4c3-c3ccccc3C43CCCCC3)c2)cc1. The topological polar surface area (TPSA) is 3.24 Å². The average Bonchev–Trinajstić information content (AvgIpc) is 3.65. The summed E-state index contributed by atoms with van der Waals surface area (Å²) in [7, 11) is 0. The monoisotopic (exact) mass is 685 g/mol. The summed E-state index contributed by atoms with van der Waals surface area (Å²) in [6.45, 7) is 0. The molecular formula is C52H47N. The molecule has 4 bridgehead atoms. The van der Waals surface area contributed by atoms with Crippen LogP contribution in [0.4, 0.5) is 17.1 Å². The maximum Gasteiger partial charge on any atom is 0.0543 e. The highest BCUT2D eigenvalue weighted by Crippen LogP contribution is 2.70. The van der Waals surface area contributed by atoms with Crippen molar-refractivity contribution in [1.82, 2.24) is 0 Å². The predicted octanol–water partition coefficient (Wildman–Crippen LogP) is 13.8. The van der Waals surface area contributed by atoms with Crippen molar-refractivity contribution in [2.45, 2.75) is 75.0 Å². The molecule has 0 atom stereocenters. The molecule has 1 nitrogen and oxygen atoms in total. The molecule has 0 saturated heterocycles. The molecule has 7 aliphatic carbocycles. The third-order valence-electron chi connectivity index (χ3n) is 15.2. The van der Waals surface area contributed by atoms with Gasteiger partial charge in [-0.1, -0.05) is 128 Å². The predicted molar refractivity (Wildman–Crippen MR) is 219 cm³/mol. The van der Waals surface area contributed by atoms with Crippen LogP contribution >= 0.6 is 0 Å². The van der Waals surface area contributed by atoms with Crippen LogP contribution in [0, 0.1) is 23.7 Å². The minimum Gasteiger partial charge on any atom is -0.310 e. The Hall–Kier alpha value is -4.88. The third kappa shape index (κ3) is 4.15. The number of rotatable bonds is 4. The third-order valence-corrected chi connectivity index (χ3v) is 15.2. The second-order valence-corrected chi connectivity index (χ2v) is 17.6. The smallest absolute Gasteiger partial charge is 0.0543 e. The quantitative estimate of drug-likeness (QED) is 0.179. The van der Waals surface area contributed by atoms with E-state index in [1.807, 2.05) is 0 Å². The van der Waals surface area contributed by atoms with Crippen molar-refractivity contribution < 1.29 is 0 Å². The summed E-state index contributed by atoms with van der Waals surface area (Å²) in [6.07, 6.45) is 13.5. The van der Waals surface area contributed by atoms with Gasteiger partial charge in [0.2, 0.25) is 0 Å². The number of hydrogen-bond acceptors (Lipinski definition) is 1. The van der Waals surface area contributed by atoms with Gasteiger partial charge in [-0.15, -0.1) is 0 Å². The zero-order valence-electron chi connectivity index (χ0n) is 30.6. The Labute approximate surface area is 314 Å². The van der Waals surface area contributed by atoms with Crippen LogP contribution in [0.25, 0.3) is 33.4 Å². The van der Waals surface area contributed by atoms with Crippen LogP contribution in [0.1, 0.15) is 86.5 Å². The fourth-order valence-corrected chi connectivity index (χ4v) is 13.5. The van der Waals surface area contributed by atoms with Crippen molar-refractivity contribution in [3.05, 3.63) is 162 Å². The molecule has 5 saturated carbocycles. The molecular weight excluding hydrogens is 639 g/mol. The number of fused-ring (bicyclic) bond motifs is 8. The Balaban J connectivity index is 1.11. The lowest BCUT2D eigenvalue weighted by Gasteiger charge is -2.61. The van der Waals surface area contributed by atoms with E-state index < -0.39 is 0 Å². The van der Waals surface area contributed by atoms with E-state index in [9.17, 15) is 0 Å². The molecule has 0 aliphatic heterocycles. The Morgan fingerprint density at radius 1 is 0.434 bits per heavy atom. The lowest BCUT2D eigenvalue weighted by Crippen LogP contribution is -2.55. The van der Waals surface area contributed by atoms with Gasteiger partial charge >= 0.3 is 0 Å². The second-order valence-electron chi connectivity index (χ2n) is 17.6. The Morgan fingerprint density at radius 2 is 1.06 bits per heavy atom. The van der Waals surface area contributed by atoms with Crippen molar-refractivity contribution in [1.29, 1.82) is 0 Å². The van der Waals surface area contributed by atoms with Gasteiger partial charge in [-0.05, 0) is 149 Å². The van der Waals surface area contributed by atoms with E-state index in [0.29, 0.717) is 0 Å². The van der Waals surface area contributed by atoms with Gasteiger partial charge in [0.25, 0.3) is 0 Å². The summed E-state index contributed by atoms with van der Waals surface area (Å²) in [5.41, 5.74) is 18.8. The highest BCUT2D eigenvalue weighted by Gasteiger charge is 2.61. The average molecular weight is 686 g/mol. The first-order valence-electron chi connectivity index (χ1n) is 20.7. The van der Waals surface area contributed by atoms with Crippen molar-refractivity contribution in [3.8, 4) is 33.4 Å². The molecule has 2 spiro atoms. The standard InChI is InChI=1S/C52H47N/c1-3-13-36(14-4-1)37-15-11-16-40(32-37)53(49-22-12-21-47-50(49)44-18-6-7-19-45(44)51(47)25-9-2-10-26-51)41-23-24-43-42-17-5-8-20-46(42)52(48(43)33-41)38-28-34-27-35(30-38)31-39(52)29-34/h1,3-8,11-24,32-35,38-39H,2,9-10,25-31H2. The van der Waals surface area contributed by atoms with Crippen molar-refractivity contribution in [3.63, 3.8) is 0 Å². The summed E-state index contributed by atoms with van der Waals surface area (Å²) in [6, 6.07) is 54.2. The number of anilines is 3. The first kappa shape index (κ1) is 30.6. The van der Waals surface area contributed by atoms with Gasteiger partial charge in [-0.25, -0.2) is 0 Å². The largest absolute Gasteiger partial charge is 0.310 e. The Bertz CT molecular complexity index is 2380. The molecule has 13 rings (SSSR count). The molecule has 7 aliphatic rings. The van der Waals surface area contributed by atoms with E-state index in [1.54, 1.807) is 22.3 Å². The van der Waals surface area contributed by atoms with E-state index in [1.165, 1.54) is 115 Å². The van der Waals surface area contributed by atoms with Crippen molar-refractivity contribution in [2.75, 3.05) is 4.90 Å². The molecule has 0 heterocycles.